The second kappa shape index (κ2) is 14.9. The number of nitrogens with one attached hydrogen (secondary N) is 2. The Hall–Kier alpha value is -5.86. The van der Waals surface area contributed by atoms with Crippen molar-refractivity contribution in [3.8, 4) is 33.4 Å². The molecule has 2 N–H and O–H groups in total. The zero-order valence-electron chi connectivity index (χ0n) is 34.2. The van der Waals surface area contributed by atoms with Crippen molar-refractivity contribution >= 4 is 16.9 Å². The van der Waals surface area contributed by atoms with Crippen molar-refractivity contribution in [2.75, 3.05) is 5.32 Å². The van der Waals surface area contributed by atoms with Crippen LogP contribution in [0.3, 0.4) is 0 Å². The van der Waals surface area contributed by atoms with E-state index in [1.165, 1.54) is 61.5 Å². The summed E-state index contributed by atoms with van der Waals surface area (Å²) in [6.45, 7) is 14.1. The van der Waals surface area contributed by atoms with Crippen LogP contribution in [0.5, 0.6) is 0 Å². The molecule has 1 fully saturated rings. The number of hydrogen-bond donors (Lipinski definition) is 2. The van der Waals surface area contributed by atoms with Crippen LogP contribution in [0.15, 0.2) is 186 Å². The SMILES string of the molecule is Cc1ccc(-c2ccc(Nc3ccc(-c4cccc(C5=C(NC6=CC(C)C7C8=CC(C)CC=C8C(C)(C)C7=C6)C(C)CC=C5)c4)cc3-c3ccccc3)cc2)cc1. The van der Waals surface area contributed by atoms with Crippen LogP contribution in [0.1, 0.15) is 58.6 Å². The Kier molecular flexibility index (Phi) is 9.61. The molecule has 5 aromatic rings. The lowest BCUT2D eigenvalue weighted by Gasteiger charge is -2.32. The Labute approximate surface area is 340 Å². The molecule has 0 radical (unpaired) electrons. The van der Waals surface area contributed by atoms with Crippen LogP contribution in [0.2, 0.25) is 0 Å². The highest BCUT2D eigenvalue weighted by Crippen LogP contribution is 2.59. The maximum Gasteiger partial charge on any atom is 0.0464 e. The van der Waals surface area contributed by atoms with Crippen LogP contribution >= 0.6 is 0 Å². The third-order valence-electron chi connectivity index (χ3n) is 12.8. The molecular formula is C55H54N2. The summed E-state index contributed by atoms with van der Waals surface area (Å²) in [5.41, 5.74) is 20.4. The molecule has 4 unspecified atom stereocenters. The van der Waals surface area contributed by atoms with Crippen LogP contribution in [-0.2, 0) is 0 Å². The summed E-state index contributed by atoms with van der Waals surface area (Å²) in [6.07, 6.45) is 16.9. The van der Waals surface area contributed by atoms with Crippen LogP contribution in [0.25, 0.3) is 39.0 Å². The largest absolute Gasteiger partial charge is 0.358 e. The monoisotopic (exact) mass is 742 g/mol. The number of allylic oxidation sites excluding steroid dienone is 11. The molecule has 4 aliphatic rings. The standard InChI is InChI=1S/C55H54N2/c1-35-18-21-39(22-19-35)40-23-26-45(27-24-40)56-52-29-25-43(33-48(52)41-13-8-7-9-14-41)42-15-11-16-44(32-42)47-17-10-12-37(3)54(47)57-46-31-38(4)53-49-30-36(2)20-28-50(49)55(5,6)51(53)34-46/h7-11,13-19,21-34,36-38,53,56-57H,12,20H2,1-6H3. The summed E-state index contributed by atoms with van der Waals surface area (Å²) < 4.78 is 0. The van der Waals surface area contributed by atoms with Gasteiger partial charge in [-0.15, -0.1) is 0 Å². The molecule has 0 amide bonds. The van der Waals surface area contributed by atoms with E-state index in [9.17, 15) is 0 Å². The van der Waals surface area contributed by atoms with E-state index in [4.69, 9.17) is 0 Å². The predicted molar refractivity (Wildman–Crippen MR) is 243 cm³/mol. The highest BCUT2D eigenvalue weighted by atomic mass is 14.9. The lowest BCUT2D eigenvalue weighted by molar-refractivity contribution is 0.487. The van der Waals surface area contributed by atoms with Gasteiger partial charge >= 0.3 is 0 Å². The van der Waals surface area contributed by atoms with Crippen molar-refractivity contribution < 1.29 is 0 Å². The molecule has 4 atom stereocenters. The molecule has 0 heterocycles. The summed E-state index contributed by atoms with van der Waals surface area (Å²) in [6, 6.07) is 44.1. The van der Waals surface area contributed by atoms with E-state index >= 15 is 0 Å². The van der Waals surface area contributed by atoms with E-state index in [2.05, 4.69) is 210 Å². The van der Waals surface area contributed by atoms with Crippen molar-refractivity contribution in [2.45, 2.75) is 54.4 Å². The zero-order valence-corrected chi connectivity index (χ0v) is 34.2. The third kappa shape index (κ3) is 7.08. The number of benzene rings is 5. The van der Waals surface area contributed by atoms with Crippen molar-refractivity contribution in [1.29, 1.82) is 0 Å². The smallest absolute Gasteiger partial charge is 0.0464 e. The number of hydrogen-bond acceptors (Lipinski definition) is 2. The molecule has 4 aliphatic carbocycles. The first-order valence-corrected chi connectivity index (χ1v) is 20.9. The summed E-state index contributed by atoms with van der Waals surface area (Å²) >= 11 is 0. The third-order valence-corrected chi connectivity index (χ3v) is 12.8. The molecule has 0 bridgehead atoms. The Morgan fingerprint density at radius 3 is 2.09 bits per heavy atom. The second-order valence-electron chi connectivity index (χ2n) is 17.4. The minimum atomic E-state index is 0.0473. The first kappa shape index (κ1) is 36.8. The Balaban J connectivity index is 1.03. The van der Waals surface area contributed by atoms with Gasteiger partial charge in [-0.1, -0.05) is 167 Å². The number of rotatable bonds is 8. The first-order valence-electron chi connectivity index (χ1n) is 20.9. The van der Waals surface area contributed by atoms with E-state index in [-0.39, 0.29) is 5.41 Å². The normalized spacial score (nSPS) is 22.1. The van der Waals surface area contributed by atoms with E-state index in [0.29, 0.717) is 23.7 Å². The molecule has 0 aromatic heterocycles. The zero-order chi connectivity index (χ0) is 39.3. The van der Waals surface area contributed by atoms with Gasteiger partial charge in [0.15, 0.2) is 0 Å². The molecule has 284 valence electrons. The first-order chi connectivity index (χ1) is 27.6. The maximum absolute atomic E-state index is 4.03. The van der Waals surface area contributed by atoms with Gasteiger partial charge in [0.1, 0.15) is 0 Å². The number of anilines is 2. The van der Waals surface area contributed by atoms with E-state index in [1.807, 2.05) is 0 Å². The summed E-state index contributed by atoms with van der Waals surface area (Å²) in [4.78, 5) is 0. The fourth-order valence-electron chi connectivity index (χ4n) is 9.66. The Bertz CT molecular complexity index is 2520. The van der Waals surface area contributed by atoms with Gasteiger partial charge in [-0.25, -0.2) is 0 Å². The minimum absolute atomic E-state index is 0.0473. The Morgan fingerprint density at radius 1 is 0.632 bits per heavy atom. The van der Waals surface area contributed by atoms with Gasteiger partial charge in [0.05, 0.1) is 0 Å². The molecule has 5 aromatic carbocycles. The minimum Gasteiger partial charge on any atom is -0.358 e. The molecule has 57 heavy (non-hydrogen) atoms. The fourth-order valence-corrected chi connectivity index (χ4v) is 9.66. The lowest BCUT2D eigenvalue weighted by atomic mass is 9.76. The van der Waals surface area contributed by atoms with E-state index < -0.39 is 0 Å². The van der Waals surface area contributed by atoms with Gasteiger partial charge in [0, 0.05) is 51.2 Å². The van der Waals surface area contributed by atoms with Crippen LogP contribution < -0.4 is 10.6 Å². The van der Waals surface area contributed by atoms with Crippen LogP contribution in [0, 0.1) is 36.0 Å². The topological polar surface area (TPSA) is 24.1 Å². The van der Waals surface area contributed by atoms with Crippen LogP contribution in [0.4, 0.5) is 11.4 Å². The lowest BCUT2D eigenvalue weighted by Crippen LogP contribution is -2.26. The average Bonchev–Trinajstić information content (AvgIpc) is 3.45. The summed E-state index contributed by atoms with van der Waals surface area (Å²) in [5, 5.41) is 7.78. The van der Waals surface area contributed by atoms with E-state index in [0.717, 1.165) is 24.2 Å². The van der Waals surface area contributed by atoms with Crippen LogP contribution in [-0.4, -0.2) is 0 Å². The molecule has 1 saturated carbocycles. The van der Waals surface area contributed by atoms with Crippen molar-refractivity contribution in [3.05, 3.63) is 197 Å². The molecule has 0 aliphatic heterocycles. The highest BCUT2D eigenvalue weighted by Gasteiger charge is 2.48. The van der Waals surface area contributed by atoms with Gasteiger partial charge in [-0.3, -0.25) is 0 Å². The molecule has 2 heteroatoms. The second-order valence-corrected chi connectivity index (χ2v) is 17.4. The molecule has 9 rings (SSSR count). The van der Waals surface area contributed by atoms with Gasteiger partial charge in [-0.05, 0) is 113 Å². The molecule has 0 saturated heterocycles. The van der Waals surface area contributed by atoms with Gasteiger partial charge < -0.3 is 10.6 Å². The quantitative estimate of drug-likeness (QED) is 0.165. The predicted octanol–water partition coefficient (Wildman–Crippen LogP) is 14.6. The Morgan fingerprint density at radius 2 is 1.32 bits per heavy atom. The van der Waals surface area contributed by atoms with Crippen molar-refractivity contribution in [2.24, 2.45) is 29.1 Å². The van der Waals surface area contributed by atoms with Crippen molar-refractivity contribution in [3.63, 3.8) is 0 Å². The van der Waals surface area contributed by atoms with Gasteiger partial charge in [-0.2, -0.15) is 0 Å². The fraction of sp³-hybridized carbons (Fsp3) is 0.236. The van der Waals surface area contributed by atoms with Crippen molar-refractivity contribution in [1.82, 2.24) is 5.32 Å². The summed E-state index contributed by atoms with van der Waals surface area (Å²) in [5.74, 6) is 1.90. The van der Waals surface area contributed by atoms with Gasteiger partial charge in [0.25, 0.3) is 0 Å². The summed E-state index contributed by atoms with van der Waals surface area (Å²) in [7, 11) is 0. The van der Waals surface area contributed by atoms with E-state index in [1.54, 1.807) is 16.7 Å². The highest BCUT2D eigenvalue weighted by molar-refractivity contribution is 5.87. The van der Waals surface area contributed by atoms with Gasteiger partial charge in [0.2, 0.25) is 0 Å². The number of fused-ring (bicyclic) bond motifs is 3. The number of aryl methyl sites for hydroxylation is 1. The average molecular weight is 743 g/mol. The molecule has 0 spiro atoms. The molecule has 2 nitrogen and oxygen atoms in total. The molecular weight excluding hydrogens is 689 g/mol. The maximum atomic E-state index is 4.03.